The van der Waals surface area contributed by atoms with Crippen molar-refractivity contribution in [3.63, 3.8) is 0 Å². The molecule has 3 aliphatic rings. The molecule has 1 spiro atoms. The lowest BCUT2D eigenvalue weighted by molar-refractivity contribution is -0.274. The molecule has 2 unspecified atom stereocenters. The quantitative estimate of drug-likeness (QED) is 0.491. The number of nitrogens with zero attached hydrogens (tertiary/aromatic N) is 3. The zero-order valence-corrected chi connectivity index (χ0v) is 22.3. The maximum Gasteiger partial charge on any atom is 0.573 e. The van der Waals surface area contributed by atoms with Gasteiger partial charge in [0.15, 0.2) is 0 Å². The Morgan fingerprint density at radius 2 is 1.64 bits per heavy atom. The van der Waals surface area contributed by atoms with Crippen LogP contribution in [0.2, 0.25) is 0 Å². The van der Waals surface area contributed by atoms with Crippen LogP contribution in [0.15, 0.2) is 54.6 Å². The molecule has 0 aliphatic carbocycles. The minimum atomic E-state index is -4.72. The Labute approximate surface area is 227 Å². The van der Waals surface area contributed by atoms with E-state index in [2.05, 4.69) is 33.9 Å². The highest BCUT2D eigenvalue weighted by atomic mass is 19.4. The van der Waals surface area contributed by atoms with E-state index in [1.54, 1.807) is 12.1 Å². The van der Waals surface area contributed by atoms with Crippen LogP contribution in [0.25, 0.3) is 0 Å². The van der Waals surface area contributed by atoms with Crippen LogP contribution >= 0.6 is 0 Å². The molecule has 2 aromatic rings. The van der Waals surface area contributed by atoms with Gasteiger partial charge in [0.2, 0.25) is 11.8 Å². The van der Waals surface area contributed by atoms with Gasteiger partial charge in [-0.25, -0.2) is 0 Å². The van der Waals surface area contributed by atoms with Crippen LogP contribution in [-0.4, -0.2) is 72.1 Å². The van der Waals surface area contributed by atoms with E-state index in [1.807, 2.05) is 22.8 Å². The van der Waals surface area contributed by atoms with Crippen LogP contribution in [0.1, 0.15) is 49.7 Å². The van der Waals surface area contributed by atoms with E-state index >= 15 is 0 Å². The van der Waals surface area contributed by atoms with E-state index < -0.39 is 6.36 Å². The Balaban J connectivity index is 1.17. The molecule has 0 bridgehead atoms. The number of benzene rings is 2. The molecule has 3 heterocycles. The lowest BCUT2D eigenvalue weighted by Crippen LogP contribution is -2.46. The summed E-state index contributed by atoms with van der Waals surface area (Å²) in [6.45, 7) is 7.10. The van der Waals surface area contributed by atoms with E-state index in [9.17, 15) is 22.8 Å². The molecular formula is C30H36F3N3O3. The molecule has 0 N–H and O–H groups in total. The number of carbonyl (C=O) groups is 2. The monoisotopic (exact) mass is 543 g/mol. The summed E-state index contributed by atoms with van der Waals surface area (Å²) < 4.78 is 41.2. The average molecular weight is 544 g/mol. The molecule has 5 rings (SSSR count). The van der Waals surface area contributed by atoms with Crippen molar-refractivity contribution in [1.29, 1.82) is 0 Å². The molecule has 39 heavy (non-hydrogen) atoms. The topological polar surface area (TPSA) is 53.1 Å². The minimum absolute atomic E-state index is 0.153. The highest BCUT2D eigenvalue weighted by Crippen LogP contribution is 2.43. The molecule has 9 heteroatoms. The summed E-state index contributed by atoms with van der Waals surface area (Å²) in [5.41, 5.74) is 1.71. The number of halogens is 3. The maximum atomic E-state index is 13.5. The van der Waals surface area contributed by atoms with Gasteiger partial charge in [0, 0.05) is 45.1 Å². The number of likely N-dealkylation sites (tertiary alicyclic amines) is 3. The van der Waals surface area contributed by atoms with Gasteiger partial charge in [0.1, 0.15) is 5.75 Å². The lowest BCUT2D eigenvalue weighted by atomic mass is 9.76. The second-order valence-corrected chi connectivity index (χ2v) is 11.2. The molecule has 3 saturated heterocycles. The minimum Gasteiger partial charge on any atom is -0.406 e. The second kappa shape index (κ2) is 11.2. The molecule has 2 amide bonds. The zero-order chi connectivity index (χ0) is 27.6. The Morgan fingerprint density at radius 1 is 0.974 bits per heavy atom. The predicted octanol–water partition coefficient (Wildman–Crippen LogP) is 5.05. The molecule has 2 atom stereocenters. The third-order valence-electron chi connectivity index (χ3n) is 8.76. The van der Waals surface area contributed by atoms with Crippen LogP contribution in [0.4, 0.5) is 13.2 Å². The van der Waals surface area contributed by atoms with Crippen LogP contribution in [-0.2, 0) is 16.1 Å². The van der Waals surface area contributed by atoms with Crippen LogP contribution in [0.5, 0.6) is 5.75 Å². The first-order valence-corrected chi connectivity index (χ1v) is 13.8. The second-order valence-electron chi connectivity index (χ2n) is 11.2. The standard InChI is InChI=1S/C30H36F3N3O3/c1-2-27(37)36-20-24(26(21-36)23-6-4-3-5-7-23)19-34-15-12-29(13-16-34)14-17-35(28(29)38)18-22-8-10-25(11-9-22)39-30(31,32)33/h3-11,24,26H,2,12-21H2,1H3. The number of amides is 2. The number of piperidine rings is 1. The van der Waals surface area contributed by atoms with Gasteiger partial charge in [-0.15, -0.1) is 13.2 Å². The van der Waals surface area contributed by atoms with Crippen molar-refractivity contribution in [3.8, 4) is 5.75 Å². The van der Waals surface area contributed by atoms with Gasteiger partial charge in [-0.2, -0.15) is 0 Å². The molecular weight excluding hydrogens is 507 g/mol. The van der Waals surface area contributed by atoms with Crippen molar-refractivity contribution < 1.29 is 27.5 Å². The molecule has 0 aromatic heterocycles. The van der Waals surface area contributed by atoms with Crippen LogP contribution < -0.4 is 4.74 Å². The van der Waals surface area contributed by atoms with Gasteiger partial charge in [0.25, 0.3) is 0 Å². The van der Waals surface area contributed by atoms with Crippen LogP contribution in [0.3, 0.4) is 0 Å². The van der Waals surface area contributed by atoms with E-state index in [1.165, 1.54) is 17.7 Å². The summed E-state index contributed by atoms with van der Waals surface area (Å²) in [7, 11) is 0. The summed E-state index contributed by atoms with van der Waals surface area (Å²) in [6.07, 6.45) is -1.78. The molecule has 0 saturated carbocycles. The van der Waals surface area contributed by atoms with E-state index in [4.69, 9.17) is 0 Å². The maximum absolute atomic E-state index is 13.5. The fraction of sp³-hybridized carbons (Fsp3) is 0.533. The summed E-state index contributed by atoms with van der Waals surface area (Å²) in [4.78, 5) is 32.3. The normalized spacial score (nSPS) is 23.5. The predicted molar refractivity (Wildman–Crippen MR) is 141 cm³/mol. The van der Waals surface area contributed by atoms with Crippen molar-refractivity contribution in [2.24, 2.45) is 11.3 Å². The number of alkyl halides is 3. The molecule has 2 aromatic carbocycles. The van der Waals surface area contributed by atoms with E-state index in [-0.39, 0.29) is 23.0 Å². The number of carbonyl (C=O) groups excluding carboxylic acids is 2. The summed E-state index contributed by atoms with van der Waals surface area (Å²) >= 11 is 0. The van der Waals surface area contributed by atoms with Crippen molar-refractivity contribution in [1.82, 2.24) is 14.7 Å². The van der Waals surface area contributed by atoms with Crippen molar-refractivity contribution in [3.05, 3.63) is 65.7 Å². The van der Waals surface area contributed by atoms with Gasteiger partial charge in [-0.05, 0) is 61.5 Å². The van der Waals surface area contributed by atoms with Gasteiger partial charge in [-0.1, -0.05) is 49.4 Å². The largest absolute Gasteiger partial charge is 0.573 e. The third kappa shape index (κ3) is 6.24. The Kier molecular flexibility index (Phi) is 7.89. The smallest absolute Gasteiger partial charge is 0.406 e. The van der Waals surface area contributed by atoms with Gasteiger partial charge >= 0.3 is 6.36 Å². The highest BCUT2D eigenvalue weighted by molar-refractivity contribution is 5.85. The van der Waals surface area contributed by atoms with Gasteiger partial charge < -0.3 is 19.4 Å². The summed E-state index contributed by atoms with van der Waals surface area (Å²) in [5, 5.41) is 0. The Morgan fingerprint density at radius 3 is 2.28 bits per heavy atom. The third-order valence-corrected chi connectivity index (χ3v) is 8.76. The van der Waals surface area contributed by atoms with Crippen molar-refractivity contribution in [2.75, 3.05) is 39.3 Å². The fourth-order valence-electron chi connectivity index (χ4n) is 6.58. The van der Waals surface area contributed by atoms with Gasteiger partial charge in [-0.3, -0.25) is 9.59 Å². The zero-order valence-electron chi connectivity index (χ0n) is 22.3. The lowest BCUT2D eigenvalue weighted by Gasteiger charge is -2.39. The van der Waals surface area contributed by atoms with Gasteiger partial charge in [0.05, 0.1) is 5.41 Å². The first-order chi connectivity index (χ1) is 18.7. The molecule has 210 valence electrons. The fourth-order valence-corrected chi connectivity index (χ4v) is 6.58. The summed E-state index contributed by atoms with van der Waals surface area (Å²) in [6, 6.07) is 16.2. The number of hydrogen-bond donors (Lipinski definition) is 0. The highest BCUT2D eigenvalue weighted by Gasteiger charge is 2.48. The number of hydrogen-bond acceptors (Lipinski definition) is 4. The average Bonchev–Trinajstić information content (AvgIpc) is 3.47. The Bertz CT molecular complexity index is 1150. The van der Waals surface area contributed by atoms with Crippen LogP contribution in [0, 0.1) is 11.3 Å². The SMILES string of the molecule is CCC(=O)N1CC(CN2CCC3(CC2)CCN(Cc2ccc(OC(F)(F)F)cc2)C3=O)C(c2ccccc2)C1. The molecule has 0 radical (unpaired) electrons. The number of rotatable bonds is 7. The Hall–Kier alpha value is -3.07. The van der Waals surface area contributed by atoms with E-state index in [0.717, 1.165) is 57.5 Å². The number of ether oxygens (including phenoxy) is 1. The molecule has 3 aliphatic heterocycles. The van der Waals surface area contributed by atoms with Crippen molar-refractivity contribution >= 4 is 11.8 Å². The van der Waals surface area contributed by atoms with E-state index in [0.29, 0.717) is 31.3 Å². The first kappa shape index (κ1) is 27.5. The first-order valence-electron chi connectivity index (χ1n) is 13.8. The summed E-state index contributed by atoms with van der Waals surface area (Å²) in [5.74, 6) is 0.767. The molecule has 3 fully saturated rings. The molecule has 6 nitrogen and oxygen atoms in total. The van der Waals surface area contributed by atoms with Crippen molar-refractivity contribution in [2.45, 2.75) is 51.4 Å².